The zero-order chi connectivity index (χ0) is 18.1. The normalized spacial score (nSPS) is 10.3. The summed E-state index contributed by atoms with van der Waals surface area (Å²) in [5, 5.41) is 10.9. The van der Waals surface area contributed by atoms with Gasteiger partial charge < -0.3 is 15.4 Å². The van der Waals surface area contributed by atoms with Crippen molar-refractivity contribution in [1.29, 1.82) is 0 Å². The van der Waals surface area contributed by atoms with Crippen molar-refractivity contribution < 1.29 is 14.3 Å². The molecule has 0 aliphatic carbocycles. The van der Waals surface area contributed by atoms with E-state index in [2.05, 4.69) is 20.9 Å². The van der Waals surface area contributed by atoms with E-state index in [-0.39, 0.29) is 12.3 Å². The molecule has 7 nitrogen and oxygen atoms in total. The Morgan fingerprint density at radius 1 is 1.24 bits per heavy atom. The van der Waals surface area contributed by atoms with Crippen molar-refractivity contribution in [3.8, 4) is 0 Å². The number of ether oxygens (including phenoxy) is 1. The van der Waals surface area contributed by atoms with Crippen LogP contribution in [0.5, 0.6) is 0 Å². The van der Waals surface area contributed by atoms with Crippen LogP contribution in [0.15, 0.2) is 29.6 Å². The van der Waals surface area contributed by atoms with E-state index in [0.717, 1.165) is 6.42 Å². The number of carbonyl (C=O) groups is 2. The quantitative estimate of drug-likeness (QED) is 0.611. The van der Waals surface area contributed by atoms with Crippen LogP contribution < -0.4 is 16.0 Å². The van der Waals surface area contributed by atoms with Crippen LogP contribution in [0, 0.1) is 0 Å². The molecule has 0 aliphatic rings. The van der Waals surface area contributed by atoms with E-state index >= 15 is 0 Å². The zero-order valence-corrected chi connectivity index (χ0v) is 15.2. The second-order valence-corrected chi connectivity index (χ2v) is 6.40. The summed E-state index contributed by atoms with van der Waals surface area (Å²) in [6.07, 6.45) is 0.931. The van der Waals surface area contributed by atoms with E-state index in [1.807, 2.05) is 0 Å². The number of nitrogens with zero attached hydrogens (tertiary/aromatic N) is 1. The van der Waals surface area contributed by atoms with Crippen LogP contribution in [0.2, 0.25) is 5.02 Å². The second-order valence-electron chi connectivity index (χ2n) is 5.10. The summed E-state index contributed by atoms with van der Waals surface area (Å²) in [6.45, 7) is 1.17. The zero-order valence-electron chi connectivity index (χ0n) is 13.7. The van der Waals surface area contributed by atoms with Crippen molar-refractivity contribution in [2.24, 2.45) is 0 Å². The lowest BCUT2D eigenvalue weighted by molar-refractivity contribution is -0.120. The molecular weight excluding hydrogens is 364 g/mol. The van der Waals surface area contributed by atoms with E-state index in [4.69, 9.17) is 16.3 Å². The predicted octanol–water partition coefficient (Wildman–Crippen LogP) is 3.14. The van der Waals surface area contributed by atoms with Crippen molar-refractivity contribution in [2.75, 3.05) is 30.9 Å². The Balaban J connectivity index is 1.77. The van der Waals surface area contributed by atoms with Gasteiger partial charge in [-0.2, -0.15) is 0 Å². The summed E-state index contributed by atoms with van der Waals surface area (Å²) in [6, 6.07) is 6.35. The van der Waals surface area contributed by atoms with E-state index in [1.54, 1.807) is 36.8 Å². The van der Waals surface area contributed by atoms with Gasteiger partial charge >= 0.3 is 6.03 Å². The van der Waals surface area contributed by atoms with E-state index in [9.17, 15) is 9.59 Å². The fraction of sp³-hybridized carbons (Fsp3) is 0.312. The van der Waals surface area contributed by atoms with Crippen molar-refractivity contribution in [2.45, 2.75) is 12.8 Å². The van der Waals surface area contributed by atoms with Gasteiger partial charge in [-0.3, -0.25) is 10.1 Å². The highest BCUT2D eigenvalue weighted by Gasteiger charge is 2.10. The number of methoxy groups -OCH3 is 1. The molecule has 0 radical (unpaired) electrons. The topological polar surface area (TPSA) is 92.4 Å². The van der Waals surface area contributed by atoms with Crippen LogP contribution in [0.25, 0.3) is 0 Å². The van der Waals surface area contributed by atoms with Crippen LogP contribution in [0.1, 0.15) is 12.1 Å². The van der Waals surface area contributed by atoms with Gasteiger partial charge in [-0.15, -0.1) is 11.3 Å². The van der Waals surface area contributed by atoms with Gasteiger partial charge in [0.05, 0.1) is 12.1 Å². The summed E-state index contributed by atoms with van der Waals surface area (Å²) in [4.78, 5) is 27.9. The number of aromatic nitrogens is 1. The van der Waals surface area contributed by atoms with Crippen LogP contribution in [0.4, 0.5) is 15.6 Å². The number of anilines is 2. The molecule has 0 saturated carbocycles. The Hall–Kier alpha value is -2.16. The van der Waals surface area contributed by atoms with Gasteiger partial charge in [0, 0.05) is 36.4 Å². The van der Waals surface area contributed by atoms with E-state index in [0.29, 0.717) is 34.7 Å². The standard InChI is InChI=1S/C16H19ClN4O3S/c1-24-8-2-7-18-14(22)9-13-10-25-16(20-13)21-15(23)19-12-5-3-11(17)4-6-12/h3-6,10H,2,7-9H2,1H3,(H,18,22)(H2,19,20,21,23). The van der Waals surface area contributed by atoms with E-state index < -0.39 is 6.03 Å². The first-order chi connectivity index (χ1) is 12.1. The number of hydrogen-bond donors (Lipinski definition) is 3. The number of nitrogens with one attached hydrogen (secondary N) is 3. The minimum Gasteiger partial charge on any atom is -0.385 e. The highest BCUT2D eigenvalue weighted by molar-refractivity contribution is 7.14. The van der Waals surface area contributed by atoms with Crippen molar-refractivity contribution in [3.63, 3.8) is 0 Å². The van der Waals surface area contributed by atoms with Gasteiger partial charge in [0.25, 0.3) is 0 Å². The molecule has 134 valence electrons. The van der Waals surface area contributed by atoms with Gasteiger partial charge in [0.1, 0.15) is 0 Å². The summed E-state index contributed by atoms with van der Waals surface area (Å²) in [5.74, 6) is -0.112. The fourth-order valence-corrected chi connectivity index (χ4v) is 2.74. The Kier molecular flexibility index (Phi) is 7.65. The Morgan fingerprint density at radius 3 is 2.72 bits per heavy atom. The van der Waals surface area contributed by atoms with Gasteiger partial charge in [-0.1, -0.05) is 11.6 Å². The monoisotopic (exact) mass is 382 g/mol. The molecule has 2 rings (SSSR count). The predicted molar refractivity (Wildman–Crippen MR) is 99.4 cm³/mol. The van der Waals surface area contributed by atoms with Crippen molar-refractivity contribution >= 4 is 45.7 Å². The summed E-state index contributed by atoms with van der Waals surface area (Å²) < 4.78 is 4.92. The van der Waals surface area contributed by atoms with Crippen LogP contribution in [-0.2, 0) is 16.0 Å². The molecule has 1 heterocycles. The minimum absolute atomic E-state index is 0.112. The van der Waals surface area contributed by atoms with Crippen LogP contribution >= 0.6 is 22.9 Å². The first-order valence-electron chi connectivity index (χ1n) is 7.60. The maximum atomic E-state index is 11.9. The number of urea groups is 1. The lowest BCUT2D eigenvalue weighted by Crippen LogP contribution is -2.26. The number of benzene rings is 1. The number of carbonyl (C=O) groups excluding carboxylic acids is 2. The SMILES string of the molecule is COCCCNC(=O)Cc1csc(NC(=O)Nc2ccc(Cl)cc2)n1. The summed E-state index contributed by atoms with van der Waals surface area (Å²) in [7, 11) is 1.62. The molecule has 3 amide bonds. The van der Waals surface area contributed by atoms with Gasteiger partial charge in [-0.05, 0) is 30.7 Å². The highest BCUT2D eigenvalue weighted by atomic mass is 35.5. The third-order valence-corrected chi connectivity index (χ3v) is 4.12. The molecule has 0 unspecified atom stereocenters. The lowest BCUT2D eigenvalue weighted by atomic mass is 10.3. The summed E-state index contributed by atoms with van der Waals surface area (Å²) >= 11 is 7.05. The third-order valence-electron chi connectivity index (χ3n) is 3.06. The average molecular weight is 383 g/mol. The average Bonchev–Trinajstić information content (AvgIpc) is 3.00. The van der Waals surface area contributed by atoms with Gasteiger partial charge in [0.2, 0.25) is 5.91 Å². The Morgan fingerprint density at radius 2 is 2.00 bits per heavy atom. The number of halogens is 1. The van der Waals surface area contributed by atoms with Crippen LogP contribution in [0.3, 0.4) is 0 Å². The van der Waals surface area contributed by atoms with Crippen LogP contribution in [-0.4, -0.2) is 37.2 Å². The first-order valence-corrected chi connectivity index (χ1v) is 8.86. The molecule has 25 heavy (non-hydrogen) atoms. The Labute approximate surface area is 154 Å². The van der Waals surface area contributed by atoms with Gasteiger partial charge in [-0.25, -0.2) is 9.78 Å². The first kappa shape index (κ1) is 19.2. The molecule has 0 spiro atoms. The van der Waals surface area contributed by atoms with Gasteiger partial charge in [0.15, 0.2) is 5.13 Å². The number of amides is 3. The molecule has 1 aromatic heterocycles. The number of rotatable bonds is 8. The maximum Gasteiger partial charge on any atom is 0.325 e. The molecule has 3 N–H and O–H groups in total. The molecule has 0 bridgehead atoms. The highest BCUT2D eigenvalue weighted by Crippen LogP contribution is 2.17. The minimum atomic E-state index is -0.410. The summed E-state index contributed by atoms with van der Waals surface area (Å²) in [5.41, 5.74) is 1.23. The van der Waals surface area contributed by atoms with Crippen molar-refractivity contribution in [3.05, 3.63) is 40.4 Å². The Bertz CT molecular complexity index is 706. The van der Waals surface area contributed by atoms with Crippen molar-refractivity contribution in [1.82, 2.24) is 10.3 Å². The molecule has 0 fully saturated rings. The molecule has 0 aliphatic heterocycles. The van der Waals surface area contributed by atoms with E-state index in [1.165, 1.54) is 11.3 Å². The fourth-order valence-electron chi connectivity index (χ4n) is 1.91. The maximum absolute atomic E-state index is 11.9. The molecule has 0 saturated heterocycles. The molecule has 1 aromatic carbocycles. The molecule has 9 heteroatoms. The lowest BCUT2D eigenvalue weighted by Gasteiger charge is -2.05. The number of thiazole rings is 1. The third kappa shape index (κ3) is 7.08. The largest absolute Gasteiger partial charge is 0.385 e. The molecule has 0 atom stereocenters. The second kappa shape index (κ2) is 9.97. The number of hydrogen-bond acceptors (Lipinski definition) is 5. The molecule has 2 aromatic rings. The molecular formula is C16H19ClN4O3S. The smallest absolute Gasteiger partial charge is 0.325 e.